The number of aromatic nitrogens is 1. The summed E-state index contributed by atoms with van der Waals surface area (Å²) in [5.74, 6) is -1.93. The molecule has 3 heterocycles. The molecule has 2 aromatic carbocycles. The Hall–Kier alpha value is -5.25. The molecule has 2 aliphatic heterocycles. The van der Waals surface area contributed by atoms with Crippen LogP contribution in [-0.4, -0.2) is 101 Å². The number of aromatic hydroxyl groups is 2. The van der Waals surface area contributed by atoms with Gasteiger partial charge >= 0.3 is 5.97 Å². The number of nitrogens with zero attached hydrogens (tertiary/aromatic N) is 3. The first-order valence-corrected chi connectivity index (χ1v) is 30.0. The van der Waals surface area contributed by atoms with Crippen molar-refractivity contribution in [3.8, 4) is 11.8 Å². The molecular formula is C53H73N4O13S3+. The Labute approximate surface area is 431 Å². The zero-order valence-corrected chi connectivity index (χ0v) is 44.9. The van der Waals surface area contributed by atoms with Crippen LogP contribution in [0.25, 0.3) is 0 Å². The number of benzene rings is 2. The van der Waals surface area contributed by atoms with Crippen molar-refractivity contribution < 1.29 is 63.3 Å². The predicted molar refractivity (Wildman–Crippen MR) is 282 cm³/mol. The van der Waals surface area contributed by atoms with E-state index in [0.29, 0.717) is 49.1 Å². The van der Waals surface area contributed by atoms with Gasteiger partial charge in [-0.15, -0.1) is 4.73 Å². The van der Waals surface area contributed by atoms with Crippen molar-refractivity contribution >= 4 is 53.4 Å². The van der Waals surface area contributed by atoms with Crippen LogP contribution in [0.3, 0.4) is 0 Å². The summed E-state index contributed by atoms with van der Waals surface area (Å²) in [5.41, 5.74) is 7.74. The van der Waals surface area contributed by atoms with E-state index < -0.39 is 41.7 Å². The van der Waals surface area contributed by atoms with Crippen LogP contribution in [0.2, 0.25) is 0 Å². The topological polar surface area (TPSA) is 253 Å². The number of hydrogen-bond donors (Lipinski definition) is 6. The van der Waals surface area contributed by atoms with E-state index >= 15 is 0 Å². The lowest BCUT2D eigenvalue weighted by atomic mass is 9.81. The molecule has 0 unspecified atom stereocenters. The zero-order valence-electron chi connectivity index (χ0n) is 42.4. The van der Waals surface area contributed by atoms with E-state index in [0.717, 1.165) is 116 Å². The molecule has 0 atom stereocenters. The highest BCUT2D eigenvalue weighted by atomic mass is 32.2. The molecule has 3 aromatic rings. The van der Waals surface area contributed by atoms with Gasteiger partial charge in [0.15, 0.2) is 5.71 Å². The van der Waals surface area contributed by atoms with Crippen LogP contribution in [-0.2, 0) is 46.0 Å². The van der Waals surface area contributed by atoms with E-state index in [9.17, 15) is 53.9 Å². The number of hydrogen-bond acceptors (Lipinski definition) is 12. The smallest absolute Gasteiger partial charge is 0.333 e. The molecular weight excluding hydrogens is 997 g/mol. The molecule has 400 valence electrons. The van der Waals surface area contributed by atoms with Gasteiger partial charge in [0.25, 0.3) is 30.4 Å². The summed E-state index contributed by atoms with van der Waals surface area (Å²) in [5, 5.41) is 23.2. The van der Waals surface area contributed by atoms with Gasteiger partial charge in [-0.2, -0.15) is 29.8 Å². The minimum atomic E-state index is -4.50. The Bertz CT molecular complexity index is 2970. The van der Waals surface area contributed by atoms with Gasteiger partial charge in [0.05, 0.1) is 21.8 Å². The van der Waals surface area contributed by atoms with Gasteiger partial charge in [-0.25, -0.2) is 4.79 Å². The second-order valence-electron chi connectivity index (χ2n) is 20.2. The van der Waals surface area contributed by atoms with Crippen molar-refractivity contribution in [1.29, 1.82) is 0 Å². The number of unbranched alkanes of at least 4 members (excludes halogenated alkanes) is 9. The standard InChI is InChI=1S/C53H72N4O13S3/c1-52(2)42-22-12-13-23-44(42)55(34-15-17-36-71(61,62)63)46(52)29-25-39-20-19-21-40(51(39)54-33-14-10-8-6-5-7-9-11-24-50(60)70-57-48(58)31-32-49(57)59)26-30-47-53(3,4)43-38-41(73(67,68)69)27-28-45(43)56(47)35-16-18-37-72(64,65)66/h12-13,22-23,25-32,38H,5-11,14-21,24,33-37H2,1-4H3,(H5,58,59,61,62,63,64,65,66,67,68,69)/p+1/b40-26+,47-30?. The number of fused-ring (bicyclic) bond motifs is 2. The Morgan fingerprint density at radius 1 is 0.712 bits per heavy atom. The van der Waals surface area contributed by atoms with Crippen LogP contribution in [0.4, 0.5) is 11.4 Å². The first kappa shape index (κ1) is 57.0. The summed E-state index contributed by atoms with van der Waals surface area (Å²) in [6, 6.07) is 15.2. The van der Waals surface area contributed by atoms with Crippen molar-refractivity contribution in [1.82, 2.24) is 10.0 Å². The van der Waals surface area contributed by atoms with Crippen molar-refractivity contribution in [3.05, 3.63) is 113 Å². The van der Waals surface area contributed by atoms with Gasteiger partial charge in [-0.05, 0) is 106 Å². The average Bonchev–Trinajstić information content (AvgIpc) is 3.83. The van der Waals surface area contributed by atoms with Crippen LogP contribution in [0.5, 0.6) is 11.8 Å². The van der Waals surface area contributed by atoms with Crippen molar-refractivity contribution in [3.63, 3.8) is 0 Å². The fourth-order valence-electron chi connectivity index (χ4n) is 10.2. The molecule has 0 spiro atoms. The van der Waals surface area contributed by atoms with Gasteiger partial charge in [0.2, 0.25) is 17.4 Å². The summed E-state index contributed by atoms with van der Waals surface area (Å²) >= 11 is 0. The summed E-state index contributed by atoms with van der Waals surface area (Å²) in [4.78, 5) is 19.0. The van der Waals surface area contributed by atoms with Gasteiger partial charge < -0.3 is 25.3 Å². The fourth-order valence-corrected chi connectivity index (χ4v) is 11.8. The zero-order chi connectivity index (χ0) is 53.2. The minimum absolute atomic E-state index is 0.174. The van der Waals surface area contributed by atoms with E-state index in [2.05, 4.69) is 65.1 Å². The lowest BCUT2D eigenvalue weighted by Gasteiger charge is -2.28. The summed E-state index contributed by atoms with van der Waals surface area (Å²) in [6.45, 7) is 10.0. The van der Waals surface area contributed by atoms with Crippen LogP contribution in [0.1, 0.15) is 142 Å². The minimum Gasteiger partial charge on any atom is -0.492 e. The number of anilines is 1. The van der Waals surface area contributed by atoms with E-state index in [-0.39, 0.29) is 46.4 Å². The second kappa shape index (κ2) is 24.4. The lowest BCUT2D eigenvalue weighted by Crippen LogP contribution is -2.28. The Morgan fingerprint density at radius 2 is 1.34 bits per heavy atom. The highest BCUT2D eigenvalue weighted by Gasteiger charge is 2.44. The number of carbonyl (C=O) groups is 1. The molecule has 1 aromatic heterocycles. The molecule has 0 saturated carbocycles. The normalized spacial score (nSPS) is 17.8. The molecule has 73 heavy (non-hydrogen) atoms. The van der Waals surface area contributed by atoms with Crippen LogP contribution in [0, 0.1) is 0 Å². The first-order valence-electron chi connectivity index (χ1n) is 25.3. The Balaban J connectivity index is 1.23. The maximum atomic E-state index is 12.3. The van der Waals surface area contributed by atoms with Gasteiger partial charge in [-0.1, -0.05) is 82.7 Å². The molecule has 0 saturated heterocycles. The SMILES string of the molecule is CC1(C)C(=C/C=C2\CCCC(C=CC3=[N+](CCCCS(=O)(=O)O)c4ccccc4C3(C)C)=C2NCCCCCCCCCCC(=O)On2c(O)ccc2O)N(CCCCS(=O)(=O)O)c2ccc(S(=O)(=O)O)cc21. The lowest BCUT2D eigenvalue weighted by molar-refractivity contribution is -0.438. The van der Waals surface area contributed by atoms with E-state index in [1.54, 1.807) is 6.07 Å². The van der Waals surface area contributed by atoms with Crippen LogP contribution < -0.4 is 15.1 Å². The van der Waals surface area contributed by atoms with Gasteiger partial charge in [0, 0.05) is 78.3 Å². The second-order valence-corrected chi connectivity index (χ2v) is 24.8. The predicted octanol–water partition coefficient (Wildman–Crippen LogP) is 9.22. The molecule has 20 heteroatoms. The largest absolute Gasteiger partial charge is 0.492 e. The van der Waals surface area contributed by atoms with E-state index in [1.807, 2.05) is 26.0 Å². The molecule has 1 aliphatic carbocycles. The van der Waals surface area contributed by atoms with Gasteiger partial charge in [-0.3, -0.25) is 13.7 Å². The number of nitrogens with one attached hydrogen (secondary N) is 1. The molecule has 6 N–H and O–H groups in total. The molecule has 0 bridgehead atoms. The third-order valence-corrected chi connectivity index (χ3v) is 16.5. The third-order valence-electron chi connectivity index (χ3n) is 14.0. The summed E-state index contributed by atoms with van der Waals surface area (Å²) in [6.07, 6.45) is 20.2. The molecule has 17 nitrogen and oxygen atoms in total. The number of para-hydroxylation sites is 1. The first-order chi connectivity index (χ1) is 34.4. The maximum absolute atomic E-state index is 12.3. The summed E-state index contributed by atoms with van der Waals surface area (Å²) < 4.78 is 103. The number of rotatable bonds is 27. The van der Waals surface area contributed by atoms with E-state index in [4.69, 9.17) is 4.84 Å². The monoisotopic (exact) mass is 1070 g/mol. The number of carbonyl (C=O) groups excluding carboxylic acids is 1. The quantitative estimate of drug-likeness (QED) is 0.0236. The van der Waals surface area contributed by atoms with Crippen molar-refractivity contribution in [2.45, 2.75) is 146 Å². The molecule has 0 radical (unpaired) electrons. The molecule has 0 amide bonds. The molecule has 0 fully saturated rings. The number of allylic oxidation sites excluding steroid dienone is 7. The highest BCUT2D eigenvalue weighted by molar-refractivity contribution is 7.86. The molecule has 6 rings (SSSR count). The average molecular weight is 1070 g/mol. The Morgan fingerprint density at radius 3 is 2.00 bits per heavy atom. The van der Waals surface area contributed by atoms with Gasteiger partial charge in [0.1, 0.15) is 6.54 Å². The van der Waals surface area contributed by atoms with Crippen molar-refractivity contribution in [2.24, 2.45) is 0 Å². The maximum Gasteiger partial charge on any atom is 0.333 e. The van der Waals surface area contributed by atoms with Crippen molar-refractivity contribution in [2.75, 3.05) is 36.0 Å². The van der Waals surface area contributed by atoms with Crippen LogP contribution >= 0.6 is 0 Å². The van der Waals surface area contributed by atoms with E-state index in [1.165, 1.54) is 24.3 Å². The highest BCUT2D eigenvalue weighted by Crippen LogP contribution is 2.49. The summed E-state index contributed by atoms with van der Waals surface area (Å²) in [7, 11) is -12.7. The third kappa shape index (κ3) is 15.2. The Kier molecular flexibility index (Phi) is 19.1. The fraction of sp³-hybridized carbons (Fsp3) is 0.509. The van der Waals surface area contributed by atoms with Crippen LogP contribution in [0.15, 0.2) is 106 Å². The molecule has 3 aliphatic rings.